The average molecular weight is 383 g/mol. The van der Waals surface area contributed by atoms with Gasteiger partial charge in [0.15, 0.2) is 9.84 Å². The maximum Gasteiger partial charge on any atom is 0.188 e. The van der Waals surface area contributed by atoms with Crippen molar-refractivity contribution < 1.29 is 8.42 Å². The first-order valence-corrected chi connectivity index (χ1v) is 11.8. The highest BCUT2D eigenvalue weighted by Gasteiger charge is 2.17. The maximum absolute atomic E-state index is 12.2. The molecule has 6 heteroatoms. The van der Waals surface area contributed by atoms with Crippen molar-refractivity contribution in [3.05, 3.63) is 27.6 Å². The van der Waals surface area contributed by atoms with E-state index in [-0.39, 0.29) is 10.7 Å². The maximum atomic E-state index is 12.2. The highest BCUT2D eigenvalue weighted by atomic mass is 32.2. The molecule has 0 aliphatic carbocycles. The lowest BCUT2D eigenvalue weighted by molar-refractivity contribution is 0.559. The van der Waals surface area contributed by atoms with E-state index in [2.05, 4.69) is 11.9 Å². The lowest BCUT2D eigenvalue weighted by atomic mass is 10.1. The van der Waals surface area contributed by atoms with Gasteiger partial charge in [0, 0.05) is 18.0 Å². The Balaban J connectivity index is 2.21. The van der Waals surface area contributed by atoms with Crippen LogP contribution in [0.1, 0.15) is 76.1 Å². The van der Waals surface area contributed by atoms with Crippen LogP contribution in [0.2, 0.25) is 0 Å². The van der Waals surface area contributed by atoms with Crippen molar-refractivity contribution in [3.63, 3.8) is 0 Å². The summed E-state index contributed by atoms with van der Waals surface area (Å²) in [6, 6.07) is 1.84. The number of unbranched alkanes of at least 4 members (excludes halogenated alkanes) is 9. The zero-order valence-electron chi connectivity index (χ0n) is 15.2. The molecule has 0 N–H and O–H groups in total. The Bertz CT molecular complexity index is 629. The van der Waals surface area contributed by atoms with Crippen molar-refractivity contribution in [1.29, 1.82) is 5.26 Å². The summed E-state index contributed by atoms with van der Waals surface area (Å²) in [5.41, 5.74) is 0. The van der Waals surface area contributed by atoms with Gasteiger partial charge >= 0.3 is 0 Å². The molecular weight excluding hydrogens is 352 g/mol. The first-order chi connectivity index (χ1) is 12.1. The van der Waals surface area contributed by atoms with E-state index < -0.39 is 9.84 Å². The molecule has 0 unspecified atom stereocenters. The molecule has 0 fully saturated rings. The molecular formula is C19H30N2O2S2. The Morgan fingerprint density at radius 3 is 2.24 bits per heavy atom. The number of nitriles is 1. The molecule has 25 heavy (non-hydrogen) atoms. The van der Waals surface area contributed by atoms with E-state index in [1.807, 2.05) is 11.4 Å². The second-order valence-corrected chi connectivity index (χ2v) is 9.37. The zero-order valence-corrected chi connectivity index (χ0v) is 16.9. The van der Waals surface area contributed by atoms with Crippen molar-refractivity contribution in [2.45, 2.75) is 77.6 Å². The predicted molar refractivity (Wildman–Crippen MR) is 105 cm³/mol. The van der Waals surface area contributed by atoms with Gasteiger partial charge in [-0.15, -0.1) is 11.3 Å². The number of rotatable bonds is 14. The molecule has 1 aromatic heterocycles. The predicted octanol–water partition coefficient (Wildman–Crippen LogP) is 5.43. The fraction of sp³-hybridized carbons (Fsp3) is 0.684. The quantitative estimate of drug-likeness (QED) is 0.318. The summed E-state index contributed by atoms with van der Waals surface area (Å²) < 4.78 is 24.5. The van der Waals surface area contributed by atoms with Gasteiger partial charge in [-0.05, 0) is 12.5 Å². The number of hydrogen-bond acceptors (Lipinski definition) is 5. The normalized spacial score (nSPS) is 12.2. The molecule has 0 saturated heterocycles. The molecule has 4 nitrogen and oxygen atoms in total. The summed E-state index contributed by atoms with van der Waals surface area (Å²) in [6.07, 6.45) is 15.2. The van der Waals surface area contributed by atoms with E-state index >= 15 is 0 Å². The third-order valence-electron chi connectivity index (χ3n) is 4.16. The average Bonchev–Trinajstić information content (AvgIpc) is 3.10. The van der Waals surface area contributed by atoms with E-state index in [4.69, 9.17) is 5.26 Å². The van der Waals surface area contributed by atoms with Gasteiger partial charge in [-0.25, -0.2) is 13.4 Å². The molecule has 0 radical (unpaired) electrons. The first kappa shape index (κ1) is 21.9. The van der Waals surface area contributed by atoms with Gasteiger partial charge in [-0.1, -0.05) is 64.7 Å². The van der Waals surface area contributed by atoms with Crippen molar-refractivity contribution in [2.24, 2.45) is 0 Å². The van der Waals surface area contributed by atoms with Gasteiger partial charge in [-0.2, -0.15) is 5.26 Å². The van der Waals surface area contributed by atoms with Gasteiger partial charge < -0.3 is 0 Å². The van der Waals surface area contributed by atoms with Gasteiger partial charge in [0.25, 0.3) is 0 Å². The minimum atomic E-state index is -3.46. The Hall–Kier alpha value is -1.19. The summed E-state index contributed by atoms with van der Waals surface area (Å²) in [7, 11) is -3.46. The summed E-state index contributed by atoms with van der Waals surface area (Å²) in [5, 5.41) is 11.8. The lowest BCUT2D eigenvalue weighted by Crippen LogP contribution is -2.08. The summed E-state index contributed by atoms with van der Waals surface area (Å²) in [6.45, 7) is 2.22. The Labute approximate surface area is 156 Å². The monoisotopic (exact) mass is 382 g/mol. The van der Waals surface area contributed by atoms with Gasteiger partial charge in [0.05, 0.1) is 10.8 Å². The molecule has 0 bridgehead atoms. The molecule has 0 atom stereocenters. The topological polar surface area (TPSA) is 70.8 Å². The zero-order chi connectivity index (χ0) is 18.4. The van der Waals surface area contributed by atoms with E-state index in [1.165, 1.54) is 62.4 Å². The number of nitrogens with zero attached hydrogens (tertiary/aromatic N) is 2. The highest BCUT2D eigenvalue weighted by molar-refractivity contribution is 7.95. The van der Waals surface area contributed by atoms with Crippen LogP contribution in [-0.2, 0) is 16.3 Å². The third-order valence-corrected chi connectivity index (χ3v) is 6.71. The van der Waals surface area contributed by atoms with Crippen LogP contribution >= 0.6 is 11.3 Å². The molecule has 0 aromatic carbocycles. The van der Waals surface area contributed by atoms with Crippen LogP contribution in [0.15, 0.2) is 22.6 Å². The first-order valence-electron chi connectivity index (χ1n) is 9.31. The standard InChI is InChI=1S/C19H30N2O2S2/c1-2-3-4-5-6-7-8-9-10-11-16-25(22,23)18(17-20)12-13-19-21-14-15-24-19/h12,14-15H,2-11,13,16H2,1H3. The van der Waals surface area contributed by atoms with Crippen LogP contribution in [0, 0.1) is 11.3 Å². The minimum Gasteiger partial charge on any atom is -0.249 e. The largest absolute Gasteiger partial charge is 0.249 e. The molecule has 140 valence electrons. The van der Waals surface area contributed by atoms with Crippen molar-refractivity contribution in [3.8, 4) is 6.07 Å². The number of allylic oxidation sites excluding steroid dienone is 2. The molecule has 1 heterocycles. The fourth-order valence-corrected chi connectivity index (χ4v) is 4.53. The number of sulfone groups is 1. The van der Waals surface area contributed by atoms with Crippen LogP contribution in [0.3, 0.4) is 0 Å². The van der Waals surface area contributed by atoms with E-state index in [1.54, 1.807) is 6.20 Å². The van der Waals surface area contributed by atoms with E-state index in [0.29, 0.717) is 12.8 Å². The SMILES string of the molecule is CCCCCCCCCCCCS(=O)(=O)C(C#N)=CCc1nccs1. The number of hydrogen-bond donors (Lipinski definition) is 0. The van der Waals surface area contributed by atoms with Crippen LogP contribution < -0.4 is 0 Å². The molecule has 0 amide bonds. The smallest absolute Gasteiger partial charge is 0.188 e. The number of thiazole rings is 1. The summed E-state index contributed by atoms with van der Waals surface area (Å²) in [5.74, 6) is 0.0702. The van der Waals surface area contributed by atoms with E-state index in [0.717, 1.165) is 17.8 Å². The lowest BCUT2D eigenvalue weighted by Gasteiger charge is -2.04. The fourth-order valence-electron chi connectivity index (χ4n) is 2.67. The van der Waals surface area contributed by atoms with Gasteiger partial charge in [0.2, 0.25) is 0 Å². The Morgan fingerprint density at radius 2 is 1.72 bits per heavy atom. The molecule has 0 aliphatic heterocycles. The summed E-state index contributed by atoms with van der Waals surface area (Å²) >= 11 is 1.46. The molecule has 1 rings (SSSR count). The van der Waals surface area contributed by atoms with Crippen LogP contribution in [0.25, 0.3) is 0 Å². The molecule has 0 saturated carbocycles. The summed E-state index contributed by atoms with van der Waals surface area (Å²) in [4.78, 5) is 3.99. The van der Waals surface area contributed by atoms with E-state index in [9.17, 15) is 8.42 Å². The van der Waals surface area contributed by atoms with Crippen LogP contribution in [0.4, 0.5) is 0 Å². The molecule has 0 aliphatic rings. The van der Waals surface area contributed by atoms with Crippen molar-refractivity contribution >= 4 is 21.2 Å². The van der Waals surface area contributed by atoms with Crippen molar-refractivity contribution in [1.82, 2.24) is 4.98 Å². The third kappa shape index (κ3) is 9.76. The minimum absolute atomic E-state index is 0.0702. The molecule has 0 spiro atoms. The van der Waals surface area contributed by atoms with Crippen LogP contribution in [0.5, 0.6) is 0 Å². The van der Waals surface area contributed by atoms with Crippen molar-refractivity contribution in [2.75, 3.05) is 5.75 Å². The van der Waals surface area contributed by atoms with Gasteiger partial charge in [0.1, 0.15) is 11.0 Å². The second-order valence-electron chi connectivity index (χ2n) is 6.31. The van der Waals surface area contributed by atoms with Gasteiger partial charge in [-0.3, -0.25) is 0 Å². The highest BCUT2D eigenvalue weighted by Crippen LogP contribution is 2.15. The van der Waals surface area contributed by atoms with Crippen LogP contribution in [-0.4, -0.2) is 19.2 Å². The number of aromatic nitrogens is 1. The molecule has 1 aromatic rings. The Kier molecular flexibility index (Phi) is 11.4. The Morgan fingerprint density at radius 1 is 1.12 bits per heavy atom. The second kappa shape index (κ2) is 13.1.